The van der Waals surface area contributed by atoms with Gasteiger partial charge in [-0.2, -0.15) is 0 Å². The zero-order valence-electron chi connectivity index (χ0n) is 15.8. The van der Waals surface area contributed by atoms with Crippen molar-refractivity contribution in [3.8, 4) is 11.4 Å². The SMILES string of the molecule is Cc1ncc(-c2nccnc2CC2CCN(C(=O)C(C)(C)C)C2)n1C. The van der Waals surface area contributed by atoms with Crippen LogP contribution in [0.3, 0.4) is 0 Å². The molecule has 6 heteroatoms. The highest BCUT2D eigenvalue weighted by Crippen LogP contribution is 2.28. The second-order valence-corrected chi connectivity index (χ2v) is 7.96. The molecule has 1 atom stereocenters. The fraction of sp³-hybridized carbons (Fsp3) is 0.579. The van der Waals surface area contributed by atoms with Crippen LogP contribution < -0.4 is 0 Å². The number of hydrogen-bond donors (Lipinski definition) is 0. The maximum Gasteiger partial charge on any atom is 0.227 e. The molecule has 1 amide bonds. The van der Waals surface area contributed by atoms with Crippen LogP contribution in [0.5, 0.6) is 0 Å². The van der Waals surface area contributed by atoms with E-state index in [0.29, 0.717) is 5.92 Å². The molecule has 6 nitrogen and oxygen atoms in total. The number of imidazole rings is 1. The fourth-order valence-electron chi connectivity index (χ4n) is 3.38. The molecular weight excluding hydrogens is 314 g/mol. The molecule has 1 aliphatic heterocycles. The van der Waals surface area contributed by atoms with Crippen LogP contribution in [0.1, 0.15) is 38.7 Å². The zero-order valence-corrected chi connectivity index (χ0v) is 15.8. The van der Waals surface area contributed by atoms with Crippen LogP contribution >= 0.6 is 0 Å². The van der Waals surface area contributed by atoms with Crippen molar-refractivity contribution < 1.29 is 4.79 Å². The third-order valence-electron chi connectivity index (χ3n) is 4.93. The van der Waals surface area contributed by atoms with Gasteiger partial charge in [0, 0.05) is 37.9 Å². The number of nitrogens with zero attached hydrogens (tertiary/aromatic N) is 5. The first-order chi connectivity index (χ1) is 11.8. The van der Waals surface area contributed by atoms with E-state index in [1.807, 2.05) is 50.4 Å². The molecule has 0 aliphatic carbocycles. The Kier molecular flexibility index (Phi) is 4.62. The average Bonchev–Trinajstić information content (AvgIpc) is 3.15. The molecule has 0 N–H and O–H groups in total. The lowest BCUT2D eigenvalue weighted by Crippen LogP contribution is -2.38. The van der Waals surface area contributed by atoms with Gasteiger partial charge < -0.3 is 9.47 Å². The van der Waals surface area contributed by atoms with Gasteiger partial charge in [0.25, 0.3) is 0 Å². The Morgan fingerprint density at radius 1 is 1.24 bits per heavy atom. The van der Waals surface area contributed by atoms with E-state index in [0.717, 1.165) is 48.8 Å². The number of aromatic nitrogens is 4. The van der Waals surface area contributed by atoms with Gasteiger partial charge in [-0.05, 0) is 25.7 Å². The summed E-state index contributed by atoms with van der Waals surface area (Å²) in [5, 5.41) is 0. The smallest absolute Gasteiger partial charge is 0.227 e. The Hall–Kier alpha value is -2.24. The van der Waals surface area contributed by atoms with E-state index in [-0.39, 0.29) is 11.3 Å². The van der Waals surface area contributed by atoms with Gasteiger partial charge >= 0.3 is 0 Å². The summed E-state index contributed by atoms with van der Waals surface area (Å²) in [7, 11) is 2.00. The number of carbonyl (C=O) groups excluding carboxylic acids is 1. The fourth-order valence-corrected chi connectivity index (χ4v) is 3.38. The van der Waals surface area contributed by atoms with Crippen molar-refractivity contribution in [2.24, 2.45) is 18.4 Å². The number of carbonyl (C=O) groups is 1. The number of hydrogen-bond acceptors (Lipinski definition) is 4. The van der Waals surface area contributed by atoms with Gasteiger partial charge in [-0.25, -0.2) is 4.98 Å². The van der Waals surface area contributed by atoms with E-state index in [2.05, 4.69) is 15.0 Å². The number of likely N-dealkylation sites (tertiary alicyclic amines) is 1. The minimum atomic E-state index is -0.321. The van der Waals surface area contributed by atoms with E-state index in [1.165, 1.54) is 0 Å². The van der Waals surface area contributed by atoms with Gasteiger partial charge in [-0.3, -0.25) is 14.8 Å². The second kappa shape index (κ2) is 6.58. The van der Waals surface area contributed by atoms with E-state index in [9.17, 15) is 4.79 Å². The van der Waals surface area contributed by atoms with Crippen molar-refractivity contribution in [2.75, 3.05) is 13.1 Å². The quantitative estimate of drug-likeness (QED) is 0.861. The van der Waals surface area contributed by atoms with Crippen LogP contribution in [0.15, 0.2) is 18.6 Å². The van der Waals surface area contributed by atoms with E-state index in [1.54, 1.807) is 12.4 Å². The van der Waals surface area contributed by atoms with Crippen molar-refractivity contribution in [1.29, 1.82) is 0 Å². The molecule has 3 heterocycles. The molecule has 25 heavy (non-hydrogen) atoms. The second-order valence-electron chi connectivity index (χ2n) is 7.96. The third kappa shape index (κ3) is 3.57. The maximum atomic E-state index is 12.5. The Balaban J connectivity index is 1.77. The summed E-state index contributed by atoms with van der Waals surface area (Å²) < 4.78 is 2.04. The molecule has 0 spiro atoms. The Bertz CT molecular complexity index is 774. The van der Waals surface area contributed by atoms with Gasteiger partial charge in [0.05, 0.1) is 17.6 Å². The van der Waals surface area contributed by atoms with Crippen molar-refractivity contribution >= 4 is 5.91 Å². The zero-order chi connectivity index (χ0) is 18.2. The first kappa shape index (κ1) is 17.6. The number of rotatable bonds is 3. The number of amides is 1. The number of aryl methyl sites for hydroxylation is 1. The van der Waals surface area contributed by atoms with E-state index < -0.39 is 0 Å². The lowest BCUT2D eigenvalue weighted by atomic mass is 9.95. The lowest BCUT2D eigenvalue weighted by molar-refractivity contribution is -0.138. The minimum Gasteiger partial charge on any atom is -0.342 e. The average molecular weight is 341 g/mol. The predicted octanol–water partition coefficient (Wildman–Crippen LogP) is 2.62. The summed E-state index contributed by atoms with van der Waals surface area (Å²) in [5.74, 6) is 1.61. The summed E-state index contributed by atoms with van der Waals surface area (Å²) in [4.78, 5) is 28.0. The maximum absolute atomic E-state index is 12.5. The lowest BCUT2D eigenvalue weighted by Gasteiger charge is -2.25. The largest absolute Gasteiger partial charge is 0.342 e. The highest BCUT2D eigenvalue weighted by molar-refractivity contribution is 5.81. The molecule has 1 fully saturated rings. The van der Waals surface area contributed by atoms with Crippen molar-refractivity contribution in [3.05, 3.63) is 30.1 Å². The van der Waals surface area contributed by atoms with Crippen LogP contribution in [0, 0.1) is 18.3 Å². The van der Waals surface area contributed by atoms with Crippen molar-refractivity contribution in [3.63, 3.8) is 0 Å². The third-order valence-corrected chi connectivity index (χ3v) is 4.93. The Morgan fingerprint density at radius 2 is 1.96 bits per heavy atom. The summed E-state index contributed by atoms with van der Waals surface area (Å²) in [6.45, 7) is 9.56. The van der Waals surface area contributed by atoms with Crippen LogP contribution in [0.25, 0.3) is 11.4 Å². The molecule has 2 aromatic rings. The highest BCUT2D eigenvalue weighted by atomic mass is 16.2. The van der Waals surface area contributed by atoms with Gasteiger partial charge in [0.15, 0.2) is 0 Å². The summed E-state index contributed by atoms with van der Waals surface area (Å²) in [6, 6.07) is 0. The summed E-state index contributed by atoms with van der Waals surface area (Å²) in [6.07, 6.45) is 7.18. The van der Waals surface area contributed by atoms with Crippen molar-refractivity contribution in [1.82, 2.24) is 24.4 Å². The molecule has 3 rings (SSSR count). The molecule has 2 aromatic heterocycles. The summed E-state index contributed by atoms with van der Waals surface area (Å²) >= 11 is 0. The highest BCUT2D eigenvalue weighted by Gasteiger charge is 2.33. The molecule has 0 bridgehead atoms. The normalized spacial score (nSPS) is 18.0. The predicted molar refractivity (Wildman–Crippen MR) is 96.8 cm³/mol. The first-order valence-electron chi connectivity index (χ1n) is 8.85. The molecule has 0 aromatic carbocycles. The van der Waals surface area contributed by atoms with Gasteiger partial charge in [0.1, 0.15) is 11.5 Å². The van der Waals surface area contributed by atoms with Gasteiger partial charge in [-0.1, -0.05) is 20.8 Å². The Morgan fingerprint density at radius 3 is 2.60 bits per heavy atom. The van der Waals surface area contributed by atoms with Crippen LogP contribution in [0.2, 0.25) is 0 Å². The van der Waals surface area contributed by atoms with Crippen LogP contribution in [-0.4, -0.2) is 43.4 Å². The minimum absolute atomic E-state index is 0.233. The van der Waals surface area contributed by atoms with Crippen LogP contribution in [0.4, 0.5) is 0 Å². The topological polar surface area (TPSA) is 63.9 Å². The standard InChI is InChI=1S/C19H27N5O/c1-13-22-11-16(23(13)5)17-15(20-7-8-21-17)10-14-6-9-24(12-14)18(25)19(2,3)4/h7-8,11,14H,6,9-10,12H2,1-5H3. The van der Waals surface area contributed by atoms with Gasteiger partial charge in [0.2, 0.25) is 5.91 Å². The Labute approximate surface area is 149 Å². The van der Waals surface area contributed by atoms with Gasteiger partial charge in [-0.15, -0.1) is 0 Å². The molecule has 1 aliphatic rings. The molecule has 0 saturated carbocycles. The molecular formula is C19H27N5O. The molecule has 1 unspecified atom stereocenters. The first-order valence-corrected chi connectivity index (χ1v) is 8.85. The van der Waals surface area contributed by atoms with E-state index >= 15 is 0 Å². The van der Waals surface area contributed by atoms with Crippen molar-refractivity contribution in [2.45, 2.75) is 40.5 Å². The monoisotopic (exact) mass is 341 g/mol. The summed E-state index contributed by atoms with van der Waals surface area (Å²) in [5.41, 5.74) is 2.55. The molecule has 1 saturated heterocycles. The molecule has 0 radical (unpaired) electrons. The molecule has 134 valence electrons. The van der Waals surface area contributed by atoms with Crippen LogP contribution in [-0.2, 0) is 18.3 Å². The van der Waals surface area contributed by atoms with E-state index in [4.69, 9.17) is 0 Å².